The second kappa shape index (κ2) is 40.3. The molecule has 0 spiro atoms. The van der Waals surface area contributed by atoms with E-state index in [4.69, 9.17) is 15.0 Å². The van der Waals surface area contributed by atoms with E-state index in [1.807, 2.05) is 0 Å². The summed E-state index contributed by atoms with van der Waals surface area (Å²) in [6.45, 7) is 0. The molecule has 56 valence electrons. The average molecular weight is 265 g/mol. The Labute approximate surface area is 150 Å². The summed E-state index contributed by atoms with van der Waals surface area (Å²) in [6.07, 6.45) is -2.08. The van der Waals surface area contributed by atoms with E-state index in [0.29, 0.717) is 0 Å². The van der Waals surface area contributed by atoms with Gasteiger partial charge in [0.05, 0.1) is 0 Å². The van der Waals surface area contributed by atoms with Gasteiger partial charge in [-0.3, -0.25) is 0 Å². The third-order valence-electron chi connectivity index (χ3n) is 0. The molecule has 5 N–H and O–H groups in total. The molecule has 0 rings (SSSR count). The number of hydrogen-bond donors (Lipinski definition) is 2. The van der Waals surface area contributed by atoms with Gasteiger partial charge >= 0.3 is 89.1 Å². The molecule has 0 aliphatic rings. The molecule has 0 fully saturated rings. The molecule has 0 aromatic carbocycles. The summed E-state index contributed by atoms with van der Waals surface area (Å²) in [7, 11) is 0. The number of rotatable bonds is 0. The summed E-state index contributed by atoms with van der Waals surface area (Å²) in [5.74, 6) is 0. The Morgan fingerprint density at radius 1 is 1.20 bits per heavy atom. The van der Waals surface area contributed by atoms with E-state index < -0.39 is 6.16 Å². The molecule has 0 amide bonds. The van der Waals surface area contributed by atoms with Gasteiger partial charge in [-0.25, -0.2) is 0 Å². The molecule has 9 heteroatoms. The molecule has 0 heterocycles. The van der Waals surface area contributed by atoms with Gasteiger partial charge in [-0.05, 0) is 0 Å². The van der Waals surface area contributed by atoms with E-state index in [0.717, 1.165) is 0 Å². The van der Waals surface area contributed by atoms with E-state index in [-0.39, 0.29) is 132 Å². The quantitative estimate of drug-likeness (QED) is 0.425. The Balaban J connectivity index is -0.00000000300. The Morgan fingerprint density at radius 3 is 1.20 bits per heavy atom. The maximum atomic E-state index is 8.44. The molecule has 0 unspecified atom stereocenters. The number of carbonyl (C=O) groups is 1. The van der Waals surface area contributed by atoms with E-state index in [2.05, 4.69) is 0 Å². The van der Waals surface area contributed by atoms with Crippen molar-refractivity contribution in [1.82, 2.24) is 6.15 Å². The van der Waals surface area contributed by atoms with Crippen LogP contribution < -0.4 is 99.9 Å². The van der Waals surface area contributed by atoms with Crippen LogP contribution in [0.1, 0.15) is 0 Å². The molecule has 4 nitrogen and oxygen atoms in total. The van der Waals surface area contributed by atoms with Gasteiger partial charge in [-0.1, -0.05) is 0 Å². The second-order valence-electron chi connectivity index (χ2n) is 0.266. The van der Waals surface area contributed by atoms with Gasteiger partial charge in [0.25, 0.3) is 0 Å². The van der Waals surface area contributed by atoms with Gasteiger partial charge in [0, 0.05) is 0 Å². The minimum absolute atomic E-state index is 0. The van der Waals surface area contributed by atoms with E-state index in [1.165, 1.54) is 0 Å². The van der Waals surface area contributed by atoms with Crippen LogP contribution in [0, 0.1) is 0 Å². The zero-order valence-corrected chi connectivity index (χ0v) is 13.2. The van der Waals surface area contributed by atoms with Crippen molar-refractivity contribution in [1.29, 1.82) is 0 Å². The van der Waals surface area contributed by atoms with Crippen molar-refractivity contribution in [3.63, 3.8) is 0 Å². The molecule has 0 aliphatic carbocycles. The number of halogens is 3. The smallest absolute Gasteiger partial charge is 1.00 e. The third kappa shape index (κ3) is 122. The van der Waals surface area contributed by atoms with Crippen LogP contribution in [0.4, 0.5) is 4.79 Å². The fourth-order valence-electron chi connectivity index (χ4n) is 0. The van der Waals surface area contributed by atoms with Crippen LogP contribution >= 0.6 is 0 Å². The zero-order chi connectivity index (χ0) is 3.58. The average Bonchev–Trinajstić information content (AvgIpc) is 0.811. The molecule has 0 atom stereocenters. The van der Waals surface area contributed by atoms with Crippen LogP contribution in [0.2, 0.25) is 0 Å². The molecule has 0 saturated carbocycles. The monoisotopic (exact) mass is 263 g/mol. The molecule has 0 aliphatic heterocycles. The third-order valence-corrected chi connectivity index (χ3v) is 0. The van der Waals surface area contributed by atoms with Crippen LogP contribution in [-0.2, 0) is 0 Å². The fourth-order valence-corrected chi connectivity index (χ4v) is 0. The molecular weight excluding hydrogens is 260 g/mol. The Morgan fingerprint density at radius 2 is 1.20 bits per heavy atom. The van der Waals surface area contributed by atoms with Gasteiger partial charge < -0.3 is 58.4 Å². The topological polar surface area (TPSA) is 96.9 Å². The maximum absolute atomic E-state index is 8.44. The first-order valence-corrected chi connectivity index (χ1v) is 0.632. The van der Waals surface area contributed by atoms with Crippen molar-refractivity contribution in [3.05, 3.63) is 0 Å². The van der Waals surface area contributed by atoms with Crippen LogP contribution in [0.3, 0.4) is 0 Å². The first-order valence-electron chi connectivity index (χ1n) is 0.632. The van der Waals surface area contributed by atoms with Crippen molar-refractivity contribution in [3.8, 4) is 0 Å². The van der Waals surface area contributed by atoms with Gasteiger partial charge in [0.15, 0.2) is 0 Å². The van der Waals surface area contributed by atoms with Crippen molar-refractivity contribution in [2.45, 2.75) is 0 Å². The van der Waals surface area contributed by atoms with E-state index in [1.54, 1.807) is 0 Å². The van der Waals surface area contributed by atoms with Crippen molar-refractivity contribution >= 4 is 43.9 Å². The Kier molecular flexibility index (Phi) is 210. The van der Waals surface area contributed by atoms with Crippen LogP contribution in [0.5, 0.6) is 0 Å². The predicted molar refractivity (Wildman–Crippen MR) is 19.8 cm³/mol. The summed E-state index contributed by atoms with van der Waals surface area (Å²) >= 11 is 0. The van der Waals surface area contributed by atoms with Crippen molar-refractivity contribution in [2.24, 2.45) is 0 Å². The largest absolute Gasteiger partial charge is 2.00 e. The normalized spacial score (nSPS) is 2.40. The molecule has 0 saturated heterocycles. The molecule has 10 heavy (non-hydrogen) atoms. The van der Waals surface area contributed by atoms with Gasteiger partial charge in [0.1, 0.15) is 0 Å². The standard InChI is InChI=1S/CH2O3.Ca.3ClH.K.H3N/c2-1(3)4;;;;;;/h(H2,2,3,4);;3*1H;;1H3/q;+2;;;;+1;/p-3. The Hall–Kier alpha value is 3.00. The fraction of sp³-hybridized carbons (Fsp3) is 0. The van der Waals surface area contributed by atoms with E-state index in [9.17, 15) is 0 Å². The van der Waals surface area contributed by atoms with Crippen LogP contribution in [-0.4, -0.2) is 49.0 Å². The summed E-state index contributed by atoms with van der Waals surface area (Å²) in [5, 5.41) is 15.3. The Bertz CT molecular complexity index is 46.7. The van der Waals surface area contributed by atoms with Crippen molar-refractivity contribution in [2.75, 3.05) is 0 Å². The number of quaternary nitrogens is 1. The van der Waals surface area contributed by atoms with Crippen molar-refractivity contribution < 1.29 is 104 Å². The summed E-state index contributed by atoms with van der Waals surface area (Å²) in [6, 6.07) is 0. The first-order chi connectivity index (χ1) is 1.73. The molecular formula is CH5CaCl3KNO3. The zero-order valence-electron chi connectivity index (χ0n) is 5.60. The van der Waals surface area contributed by atoms with Gasteiger partial charge in [0.2, 0.25) is 6.16 Å². The minimum Gasteiger partial charge on any atom is -1.00 e. The number of hydrogen-bond acceptors (Lipinski definition) is 2. The minimum atomic E-state index is -2.08. The number of carboxylic acid groups (broad SMARTS) is 2. The van der Waals surface area contributed by atoms with Crippen LogP contribution in [0.15, 0.2) is 0 Å². The van der Waals surface area contributed by atoms with Crippen LogP contribution in [0.25, 0.3) is 0 Å². The summed E-state index contributed by atoms with van der Waals surface area (Å²) < 4.78 is 0. The second-order valence-corrected chi connectivity index (χ2v) is 0.266. The molecule has 0 aromatic heterocycles. The maximum Gasteiger partial charge on any atom is 2.00 e. The predicted octanol–water partition coefficient (Wildman–Crippen LogP) is -13.1. The first kappa shape index (κ1) is 52.0. The summed E-state index contributed by atoms with van der Waals surface area (Å²) in [5.41, 5.74) is 0. The van der Waals surface area contributed by atoms with Gasteiger partial charge in [-0.2, -0.15) is 0 Å². The molecule has 0 radical (unpaired) electrons. The summed E-state index contributed by atoms with van der Waals surface area (Å²) in [4.78, 5) is 8.44. The molecule has 0 aromatic rings. The van der Waals surface area contributed by atoms with E-state index >= 15 is 0 Å². The molecule has 0 bridgehead atoms. The van der Waals surface area contributed by atoms with Gasteiger partial charge in [-0.15, -0.1) is 0 Å². The SMILES string of the molecule is O=C([O-])O.[Ca+2].[Cl-].[Cl-].[Cl-].[K+].[NH4+].